The van der Waals surface area contributed by atoms with Gasteiger partial charge in [0.25, 0.3) is 5.91 Å². The number of aromatic nitrogens is 1. The van der Waals surface area contributed by atoms with Gasteiger partial charge in [-0.15, -0.1) is 0 Å². The average molecular weight is 352 g/mol. The molecule has 1 fully saturated rings. The third kappa shape index (κ3) is 5.05. The van der Waals surface area contributed by atoms with Crippen molar-refractivity contribution in [2.75, 3.05) is 42.9 Å². The molecule has 2 heterocycles. The average Bonchev–Trinajstić information content (AvgIpc) is 2.68. The number of piperazine rings is 1. The fourth-order valence-corrected chi connectivity index (χ4v) is 3.08. The lowest BCUT2D eigenvalue weighted by Crippen LogP contribution is -2.47. The van der Waals surface area contributed by atoms with Crippen molar-refractivity contribution in [2.45, 2.75) is 20.3 Å². The second-order valence-electron chi connectivity index (χ2n) is 7.24. The van der Waals surface area contributed by atoms with E-state index in [0.717, 1.165) is 43.6 Å². The Labute approximate surface area is 156 Å². The minimum absolute atomic E-state index is 0.112. The van der Waals surface area contributed by atoms with Crippen LogP contribution in [0.2, 0.25) is 0 Å². The highest BCUT2D eigenvalue weighted by Crippen LogP contribution is 2.17. The van der Waals surface area contributed by atoms with Gasteiger partial charge in [0.1, 0.15) is 5.82 Å². The number of hydrogen-bond donors (Lipinski definition) is 1. The van der Waals surface area contributed by atoms with E-state index in [-0.39, 0.29) is 5.91 Å². The molecule has 138 valence electrons. The standard InChI is InChI=1S/C21H28N4O/c1-17(2)10-11-24-12-14-25(15-13-24)20-9-8-19(16-22-20)23-21(26)18-6-4-3-5-7-18/h3-9,16-17H,10-15H2,1-2H3,(H,23,26). The fourth-order valence-electron chi connectivity index (χ4n) is 3.08. The maximum atomic E-state index is 12.2. The van der Waals surface area contributed by atoms with Gasteiger partial charge in [-0.05, 0) is 43.1 Å². The Morgan fingerprint density at radius 2 is 1.81 bits per heavy atom. The zero-order valence-corrected chi connectivity index (χ0v) is 15.7. The second kappa shape index (κ2) is 8.81. The van der Waals surface area contributed by atoms with Crippen LogP contribution < -0.4 is 10.2 Å². The molecule has 0 bridgehead atoms. The highest BCUT2D eigenvalue weighted by molar-refractivity contribution is 6.04. The first-order chi connectivity index (χ1) is 12.6. The first-order valence-electron chi connectivity index (χ1n) is 9.41. The summed E-state index contributed by atoms with van der Waals surface area (Å²) in [6, 6.07) is 13.1. The van der Waals surface area contributed by atoms with E-state index in [2.05, 4.69) is 33.9 Å². The van der Waals surface area contributed by atoms with Gasteiger partial charge in [0, 0.05) is 31.7 Å². The number of nitrogens with zero attached hydrogens (tertiary/aromatic N) is 3. The van der Waals surface area contributed by atoms with E-state index in [1.807, 2.05) is 30.3 Å². The molecular formula is C21H28N4O. The molecule has 26 heavy (non-hydrogen) atoms. The molecule has 5 heteroatoms. The van der Waals surface area contributed by atoms with Gasteiger partial charge in [-0.25, -0.2) is 4.98 Å². The molecule has 1 saturated heterocycles. The lowest BCUT2D eigenvalue weighted by molar-refractivity contribution is 0.102. The number of pyridine rings is 1. The van der Waals surface area contributed by atoms with E-state index in [1.54, 1.807) is 18.3 Å². The largest absolute Gasteiger partial charge is 0.354 e. The molecule has 1 N–H and O–H groups in total. The summed E-state index contributed by atoms with van der Waals surface area (Å²) >= 11 is 0. The molecule has 3 rings (SSSR count). The highest BCUT2D eigenvalue weighted by Gasteiger charge is 2.18. The lowest BCUT2D eigenvalue weighted by Gasteiger charge is -2.35. The summed E-state index contributed by atoms with van der Waals surface area (Å²) in [5.41, 5.74) is 1.37. The number of hydrogen-bond acceptors (Lipinski definition) is 4. The molecule has 0 unspecified atom stereocenters. The van der Waals surface area contributed by atoms with Crippen molar-refractivity contribution in [2.24, 2.45) is 5.92 Å². The van der Waals surface area contributed by atoms with Gasteiger partial charge in [-0.3, -0.25) is 9.69 Å². The number of benzene rings is 1. The van der Waals surface area contributed by atoms with Crippen LogP contribution in [0.1, 0.15) is 30.6 Å². The Hall–Kier alpha value is -2.40. The molecule has 0 atom stereocenters. The Morgan fingerprint density at radius 1 is 1.08 bits per heavy atom. The van der Waals surface area contributed by atoms with Crippen LogP contribution in [-0.2, 0) is 0 Å². The van der Waals surface area contributed by atoms with Crippen LogP contribution in [0.4, 0.5) is 11.5 Å². The third-order valence-electron chi connectivity index (χ3n) is 4.76. The summed E-state index contributed by atoms with van der Waals surface area (Å²) in [5.74, 6) is 1.62. The van der Waals surface area contributed by atoms with Gasteiger partial charge < -0.3 is 10.2 Å². The molecule has 1 aromatic carbocycles. The van der Waals surface area contributed by atoms with Crippen molar-refractivity contribution in [1.82, 2.24) is 9.88 Å². The number of carbonyl (C=O) groups excluding carboxylic acids is 1. The van der Waals surface area contributed by atoms with Gasteiger partial charge in [0.05, 0.1) is 11.9 Å². The van der Waals surface area contributed by atoms with E-state index in [4.69, 9.17) is 0 Å². The monoisotopic (exact) mass is 352 g/mol. The number of amides is 1. The first-order valence-corrected chi connectivity index (χ1v) is 9.41. The predicted octanol–water partition coefficient (Wildman–Crippen LogP) is 3.50. The van der Waals surface area contributed by atoms with Crippen molar-refractivity contribution < 1.29 is 4.79 Å². The molecule has 0 saturated carbocycles. The summed E-state index contributed by atoms with van der Waals surface area (Å²) in [6.07, 6.45) is 3.00. The SMILES string of the molecule is CC(C)CCN1CCN(c2ccc(NC(=O)c3ccccc3)cn2)CC1. The molecule has 1 amide bonds. The van der Waals surface area contributed by atoms with Crippen LogP contribution in [0.3, 0.4) is 0 Å². The van der Waals surface area contributed by atoms with Crippen molar-refractivity contribution in [3.8, 4) is 0 Å². The molecule has 0 spiro atoms. The van der Waals surface area contributed by atoms with E-state index < -0.39 is 0 Å². The number of nitrogens with one attached hydrogen (secondary N) is 1. The number of anilines is 2. The summed E-state index contributed by atoms with van der Waals surface area (Å²) in [6.45, 7) is 9.91. The first kappa shape index (κ1) is 18.4. The van der Waals surface area contributed by atoms with Crippen molar-refractivity contribution in [1.29, 1.82) is 0 Å². The smallest absolute Gasteiger partial charge is 0.255 e. The summed E-state index contributed by atoms with van der Waals surface area (Å²) in [5, 5.41) is 2.89. The Kier molecular flexibility index (Phi) is 6.23. The minimum atomic E-state index is -0.112. The Morgan fingerprint density at radius 3 is 2.42 bits per heavy atom. The third-order valence-corrected chi connectivity index (χ3v) is 4.76. The quantitative estimate of drug-likeness (QED) is 0.864. The number of carbonyl (C=O) groups is 1. The number of rotatable bonds is 6. The molecule has 1 aliphatic rings. The fraction of sp³-hybridized carbons (Fsp3) is 0.429. The van der Waals surface area contributed by atoms with Crippen LogP contribution in [0.25, 0.3) is 0 Å². The van der Waals surface area contributed by atoms with E-state index >= 15 is 0 Å². The highest BCUT2D eigenvalue weighted by atomic mass is 16.1. The molecule has 1 aromatic heterocycles. The van der Waals surface area contributed by atoms with Gasteiger partial charge in [-0.1, -0.05) is 32.0 Å². The van der Waals surface area contributed by atoms with Crippen LogP contribution in [0, 0.1) is 5.92 Å². The maximum Gasteiger partial charge on any atom is 0.255 e. The summed E-state index contributed by atoms with van der Waals surface area (Å²) in [7, 11) is 0. The van der Waals surface area contributed by atoms with Gasteiger partial charge >= 0.3 is 0 Å². The molecular weight excluding hydrogens is 324 g/mol. The van der Waals surface area contributed by atoms with Crippen LogP contribution in [0.5, 0.6) is 0 Å². The molecule has 0 radical (unpaired) electrons. The van der Waals surface area contributed by atoms with Crippen LogP contribution in [0.15, 0.2) is 48.7 Å². The van der Waals surface area contributed by atoms with Crippen molar-refractivity contribution in [3.05, 3.63) is 54.2 Å². The van der Waals surface area contributed by atoms with E-state index in [9.17, 15) is 4.79 Å². The van der Waals surface area contributed by atoms with E-state index in [0.29, 0.717) is 5.56 Å². The molecule has 0 aliphatic carbocycles. The van der Waals surface area contributed by atoms with Crippen molar-refractivity contribution in [3.63, 3.8) is 0 Å². The lowest BCUT2D eigenvalue weighted by atomic mass is 10.1. The second-order valence-corrected chi connectivity index (χ2v) is 7.24. The Bertz CT molecular complexity index is 692. The molecule has 1 aliphatic heterocycles. The minimum Gasteiger partial charge on any atom is -0.354 e. The van der Waals surface area contributed by atoms with Gasteiger partial charge in [0.15, 0.2) is 0 Å². The van der Waals surface area contributed by atoms with Gasteiger partial charge in [0.2, 0.25) is 0 Å². The summed E-state index contributed by atoms with van der Waals surface area (Å²) in [4.78, 5) is 21.6. The summed E-state index contributed by atoms with van der Waals surface area (Å²) < 4.78 is 0. The zero-order chi connectivity index (χ0) is 18.4. The zero-order valence-electron chi connectivity index (χ0n) is 15.7. The van der Waals surface area contributed by atoms with E-state index in [1.165, 1.54) is 13.0 Å². The van der Waals surface area contributed by atoms with Gasteiger partial charge in [-0.2, -0.15) is 0 Å². The maximum absolute atomic E-state index is 12.2. The Balaban J connectivity index is 1.51. The van der Waals surface area contributed by atoms with Crippen LogP contribution >= 0.6 is 0 Å². The predicted molar refractivity (Wildman–Crippen MR) is 107 cm³/mol. The topological polar surface area (TPSA) is 48.5 Å². The molecule has 2 aromatic rings. The van der Waals surface area contributed by atoms with Crippen LogP contribution in [-0.4, -0.2) is 48.5 Å². The normalized spacial score (nSPS) is 15.3. The van der Waals surface area contributed by atoms with Crippen molar-refractivity contribution >= 4 is 17.4 Å². The molecule has 5 nitrogen and oxygen atoms in total.